The number of nitrogens with one attached hydrogen (secondary N) is 1. The van der Waals surface area contributed by atoms with Crippen LogP contribution in [-0.4, -0.2) is 45.6 Å². The first-order valence-electron chi connectivity index (χ1n) is 14.2. The number of phenols is 1. The Bertz CT molecular complexity index is 1210. The average molecular weight is 533 g/mol. The summed E-state index contributed by atoms with van der Waals surface area (Å²) in [6, 6.07) is 18.5. The molecule has 0 aromatic heterocycles. The van der Waals surface area contributed by atoms with Crippen LogP contribution in [0.25, 0.3) is 0 Å². The van der Waals surface area contributed by atoms with Gasteiger partial charge in [0.05, 0.1) is 14.2 Å². The molecule has 1 aliphatic rings. The molecule has 0 bridgehead atoms. The molecule has 0 saturated heterocycles. The third-order valence-electron chi connectivity index (χ3n) is 7.51. The van der Waals surface area contributed by atoms with Gasteiger partial charge >= 0.3 is 0 Å². The molecule has 0 amide bonds. The molecule has 2 N–H and O–H groups in total. The number of benzene rings is 3. The lowest BCUT2D eigenvalue weighted by Crippen LogP contribution is -2.25. The predicted molar refractivity (Wildman–Crippen MR) is 159 cm³/mol. The van der Waals surface area contributed by atoms with E-state index in [1.807, 2.05) is 6.07 Å². The number of hydrogen-bond donors (Lipinski definition) is 2. The predicted octanol–water partition coefficient (Wildman–Crippen LogP) is 6.33. The van der Waals surface area contributed by atoms with Crippen LogP contribution in [0.15, 0.2) is 54.6 Å². The Balaban J connectivity index is 1.53. The van der Waals surface area contributed by atoms with Crippen LogP contribution in [0.5, 0.6) is 23.0 Å². The third-order valence-corrected chi connectivity index (χ3v) is 7.51. The minimum absolute atomic E-state index is 0.343. The fourth-order valence-corrected chi connectivity index (χ4v) is 5.40. The second-order valence-electron chi connectivity index (χ2n) is 10.8. The van der Waals surface area contributed by atoms with E-state index < -0.39 is 0 Å². The lowest BCUT2D eigenvalue weighted by Gasteiger charge is -2.32. The molecule has 0 saturated carbocycles. The fourth-order valence-electron chi connectivity index (χ4n) is 5.40. The molecule has 0 radical (unpaired) electrons. The Morgan fingerprint density at radius 2 is 1.72 bits per heavy atom. The Kier molecular flexibility index (Phi) is 9.99. The summed E-state index contributed by atoms with van der Waals surface area (Å²) in [5, 5.41) is 13.4. The normalized spacial score (nSPS) is 14.7. The van der Waals surface area contributed by atoms with Crippen LogP contribution in [0.1, 0.15) is 55.4 Å². The van der Waals surface area contributed by atoms with Crippen LogP contribution < -0.4 is 24.4 Å². The van der Waals surface area contributed by atoms with Gasteiger partial charge in [0, 0.05) is 31.4 Å². The third kappa shape index (κ3) is 7.39. The Morgan fingerprint density at radius 3 is 2.41 bits per heavy atom. The molecule has 0 heterocycles. The number of phenolic OH excluding ortho intramolecular Hbond substituents is 1. The molecule has 0 spiro atoms. The Morgan fingerprint density at radius 1 is 0.974 bits per heavy atom. The van der Waals surface area contributed by atoms with Crippen molar-refractivity contribution < 1.29 is 19.3 Å². The number of ether oxygens (including phenoxy) is 3. The lowest BCUT2D eigenvalue weighted by molar-refractivity contribution is 0.311. The second kappa shape index (κ2) is 13.6. The summed E-state index contributed by atoms with van der Waals surface area (Å²) in [5.41, 5.74) is 6.25. The summed E-state index contributed by atoms with van der Waals surface area (Å²) in [4.78, 5) is 2.41. The number of aryl methyl sites for hydroxylation is 1. The maximum Gasteiger partial charge on any atom is 0.162 e. The molecule has 6 nitrogen and oxygen atoms in total. The summed E-state index contributed by atoms with van der Waals surface area (Å²) in [6.07, 6.45) is 2.91. The van der Waals surface area contributed by atoms with Crippen LogP contribution in [0.4, 0.5) is 5.69 Å². The largest absolute Gasteiger partial charge is 0.508 e. The highest BCUT2D eigenvalue weighted by molar-refractivity contribution is 5.64. The highest BCUT2D eigenvalue weighted by Gasteiger charge is 2.26. The number of methoxy groups -OCH3 is 2. The molecule has 6 heteroatoms. The SMILES string of the molecule is CCN(Cc1ccc(OCCNCC(C)C)cc1)c1cc(OC)c(OC)cc1C1CCc2cc(O)ccc2C1. The van der Waals surface area contributed by atoms with Crippen molar-refractivity contribution >= 4 is 5.69 Å². The number of aromatic hydroxyl groups is 1. The topological polar surface area (TPSA) is 63.2 Å². The first kappa shape index (κ1) is 28.6. The number of rotatable bonds is 13. The van der Waals surface area contributed by atoms with Crippen molar-refractivity contribution in [3.05, 3.63) is 76.9 Å². The van der Waals surface area contributed by atoms with Gasteiger partial charge in [0.15, 0.2) is 11.5 Å². The minimum Gasteiger partial charge on any atom is -0.508 e. The minimum atomic E-state index is 0.343. The quantitative estimate of drug-likeness (QED) is 0.251. The van der Waals surface area contributed by atoms with Crippen molar-refractivity contribution in [3.8, 4) is 23.0 Å². The molecule has 3 aromatic rings. The maximum absolute atomic E-state index is 9.94. The number of hydrogen-bond acceptors (Lipinski definition) is 6. The molecule has 1 atom stereocenters. The van der Waals surface area contributed by atoms with Gasteiger partial charge in [-0.15, -0.1) is 0 Å². The van der Waals surface area contributed by atoms with E-state index in [0.717, 1.165) is 62.7 Å². The van der Waals surface area contributed by atoms with Crippen LogP contribution in [-0.2, 0) is 19.4 Å². The molecular formula is C33H44N2O4. The molecule has 0 fully saturated rings. The van der Waals surface area contributed by atoms with E-state index in [-0.39, 0.29) is 0 Å². The van der Waals surface area contributed by atoms with Crippen molar-refractivity contribution in [1.82, 2.24) is 5.32 Å². The number of nitrogens with zero attached hydrogens (tertiary/aromatic N) is 1. The van der Waals surface area contributed by atoms with Gasteiger partial charge in [0.2, 0.25) is 0 Å². The van der Waals surface area contributed by atoms with Gasteiger partial charge in [0.25, 0.3) is 0 Å². The van der Waals surface area contributed by atoms with Crippen LogP contribution >= 0.6 is 0 Å². The smallest absolute Gasteiger partial charge is 0.162 e. The van der Waals surface area contributed by atoms with Gasteiger partial charge < -0.3 is 29.5 Å². The summed E-state index contributed by atoms with van der Waals surface area (Å²) in [7, 11) is 3.39. The standard InChI is InChI=1S/C33H44N2O4/c1-6-35(22-24-7-13-29(14-8-24)39-16-15-34-21-23(2)3)31-20-33(38-5)32(37-4)19-30(31)27-10-9-26-18-28(36)12-11-25(26)17-27/h7-8,11-14,18-20,23,27,34,36H,6,9-10,15-17,21-22H2,1-5H3. The summed E-state index contributed by atoms with van der Waals surface area (Å²) in [5.74, 6) is 3.73. The number of fused-ring (bicyclic) bond motifs is 1. The zero-order valence-corrected chi connectivity index (χ0v) is 24.1. The van der Waals surface area contributed by atoms with Crippen LogP contribution in [0.3, 0.4) is 0 Å². The molecule has 3 aromatic carbocycles. The van der Waals surface area contributed by atoms with Gasteiger partial charge in [-0.05, 0) is 97.2 Å². The zero-order valence-electron chi connectivity index (χ0n) is 24.1. The lowest BCUT2D eigenvalue weighted by atomic mass is 9.79. The Labute approximate surface area is 233 Å². The molecule has 39 heavy (non-hydrogen) atoms. The summed E-state index contributed by atoms with van der Waals surface area (Å²) < 4.78 is 17.4. The first-order valence-corrected chi connectivity index (χ1v) is 14.2. The second-order valence-corrected chi connectivity index (χ2v) is 10.8. The van der Waals surface area contributed by atoms with Crippen molar-refractivity contribution in [2.24, 2.45) is 5.92 Å². The maximum atomic E-state index is 9.94. The first-order chi connectivity index (χ1) is 18.9. The summed E-state index contributed by atoms with van der Waals surface area (Å²) >= 11 is 0. The molecule has 1 unspecified atom stereocenters. The van der Waals surface area contributed by atoms with Gasteiger partial charge in [-0.1, -0.05) is 32.0 Å². The molecule has 0 aliphatic heterocycles. The highest BCUT2D eigenvalue weighted by Crippen LogP contribution is 2.43. The van der Waals surface area contributed by atoms with Gasteiger partial charge in [0.1, 0.15) is 18.1 Å². The van der Waals surface area contributed by atoms with Crippen LogP contribution in [0.2, 0.25) is 0 Å². The van der Waals surface area contributed by atoms with Gasteiger partial charge in [-0.2, -0.15) is 0 Å². The van der Waals surface area contributed by atoms with E-state index in [4.69, 9.17) is 14.2 Å². The number of anilines is 1. The Hall–Kier alpha value is -3.38. The van der Waals surface area contributed by atoms with E-state index in [0.29, 0.717) is 24.2 Å². The molecule has 210 valence electrons. The average Bonchev–Trinajstić information content (AvgIpc) is 2.95. The van der Waals surface area contributed by atoms with E-state index in [1.165, 1.54) is 27.9 Å². The van der Waals surface area contributed by atoms with Crippen molar-refractivity contribution in [3.63, 3.8) is 0 Å². The van der Waals surface area contributed by atoms with Gasteiger partial charge in [-0.3, -0.25) is 0 Å². The summed E-state index contributed by atoms with van der Waals surface area (Å²) in [6.45, 7) is 10.8. The van der Waals surface area contributed by atoms with E-state index in [1.54, 1.807) is 20.3 Å². The monoisotopic (exact) mass is 532 g/mol. The highest BCUT2D eigenvalue weighted by atomic mass is 16.5. The van der Waals surface area contributed by atoms with E-state index >= 15 is 0 Å². The van der Waals surface area contributed by atoms with Gasteiger partial charge in [-0.25, -0.2) is 0 Å². The molecular weight excluding hydrogens is 488 g/mol. The fraction of sp³-hybridized carbons (Fsp3) is 0.455. The van der Waals surface area contributed by atoms with Crippen molar-refractivity contribution in [1.29, 1.82) is 0 Å². The van der Waals surface area contributed by atoms with Crippen molar-refractivity contribution in [2.75, 3.05) is 45.4 Å². The molecule has 4 rings (SSSR count). The van der Waals surface area contributed by atoms with E-state index in [2.05, 4.69) is 73.5 Å². The van der Waals surface area contributed by atoms with E-state index in [9.17, 15) is 5.11 Å². The van der Waals surface area contributed by atoms with Crippen LogP contribution in [0, 0.1) is 5.92 Å². The zero-order chi connectivity index (χ0) is 27.8. The molecule has 1 aliphatic carbocycles. The van der Waals surface area contributed by atoms with Crippen molar-refractivity contribution in [2.45, 2.75) is 52.5 Å².